The summed E-state index contributed by atoms with van der Waals surface area (Å²) in [5.41, 5.74) is 1.01. The van der Waals surface area contributed by atoms with E-state index in [0.717, 1.165) is 37.3 Å². The molecule has 1 amide bonds. The number of anilines is 1. The number of nitrogens with zero attached hydrogens (tertiary/aromatic N) is 2. The van der Waals surface area contributed by atoms with Crippen LogP contribution in [0.25, 0.3) is 0 Å². The zero-order chi connectivity index (χ0) is 15.8. The topological polar surface area (TPSA) is 72.6 Å². The first-order valence-electron chi connectivity index (χ1n) is 7.80. The summed E-state index contributed by atoms with van der Waals surface area (Å²) < 4.78 is 10.4. The molecule has 1 aromatic heterocycles. The Labute approximate surface area is 133 Å². The highest BCUT2D eigenvalue weighted by molar-refractivity contribution is 5.95. The summed E-state index contributed by atoms with van der Waals surface area (Å²) in [5, 5.41) is 3.76. The fraction of sp³-hybridized carbons (Fsp3) is 0.353. The van der Waals surface area contributed by atoms with Crippen LogP contribution in [-0.4, -0.2) is 23.6 Å². The van der Waals surface area contributed by atoms with Crippen molar-refractivity contribution in [1.82, 2.24) is 5.16 Å². The number of ether oxygens (including phenoxy) is 1. The number of carbonyl (C=O) groups excluding carboxylic acids is 2. The molecule has 6 nitrogen and oxygen atoms in total. The Morgan fingerprint density at radius 3 is 2.70 bits per heavy atom. The van der Waals surface area contributed by atoms with Gasteiger partial charge in [0.25, 0.3) is 0 Å². The predicted octanol–water partition coefficient (Wildman–Crippen LogP) is 2.90. The van der Waals surface area contributed by atoms with Crippen molar-refractivity contribution in [3.63, 3.8) is 0 Å². The average Bonchev–Trinajstić information content (AvgIpc) is 3.12. The molecule has 118 valence electrons. The molecule has 1 saturated carbocycles. The van der Waals surface area contributed by atoms with Crippen molar-refractivity contribution in [1.29, 1.82) is 0 Å². The number of esters is 1. The molecule has 0 unspecified atom stereocenters. The molecule has 23 heavy (non-hydrogen) atoms. The van der Waals surface area contributed by atoms with Crippen molar-refractivity contribution in [3.05, 3.63) is 41.8 Å². The van der Waals surface area contributed by atoms with Crippen LogP contribution in [0.15, 0.2) is 34.9 Å². The van der Waals surface area contributed by atoms with E-state index >= 15 is 0 Å². The van der Waals surface area contributed by atoms with Crippen LogP contribution < -0.4 is 9.64 Å². The summed E-state index contributed by atoms with van der Waals surface area (Å²) >= 11 is 0. The Kier molecular flexibility index (Phi) is 3.37. The highest BCUT2D eigenvalue weighted by Crippen LogP contribution is 2.40. The Morgan fingerprint density at radius 1 is 1.26 bits per heavy atom. The quantitative estimate of drug-likeness (QED) is 0.641. The summed E-state index contributed by atoms with van der Waals surface area (Å²) in [7, 11) is 0. The van der Waals surface area contributed by atoms with E-state index in [4.69, 9.17) is 9.26 Å². The van der Waals surface area contributed by atoms with E-state index in [-0.39, 0.29) is 11.6 Å². The Hall–Kier alpha value is -2.63. The SMILES string of the molecule is O=C(Oc1ccc(N2CCCC2=O)cc1)c1cc(C2CC2)on1. The Balaban J connectivity index is 1.43. The van der Waals surface area contributed by atoms with Gasteiger partial charge in [0.15, 0.2) is 5.69 Å². The van der Waals surface area contributed by atoms with Gasteiger partial charge in [-0.1, -0.05) is 5.16 Å². The lowest BCUT2D eigenvalue weighted by Crippen LogP contribution is -2.23. The molecule has 1 aliphatic carbocycles. The van der Waals surface area contributed by atoms with Crippen molar-refractivity contribution in [3.8, 4) is 5.75 Å². The summed E-state index contributed by atoms with van der Waals surface area (Å²) in [5.74, 6) is 1.16. The van der Waals surface area contributed by atoms with Crippen LogP contribution >= 0.6 is 0 Å². The first-order valence-corrected chi connectivity index (χ1v) is 7.80. The minimum Gasteiger partial charge on any atom is -0.422 e. The van der Waals surface area contributed by atoms with Crippen molar-refractivity contribution >= 4 is 17.6 Å². The molecule has 1 aromatic carbocycles. The number of hydrogen-bond acceptors (Lipinski definition) is 5. The van der Waals surface area contributed by atoms with Crippen LogP contribution in [0.5, 0.6) is 5.75 Å². The Morgan fingerprint density at radius 2 is 2.04 bits per heavy atom. The number of aromatic nitrogens is 1. The maximum atomic E-state index is 12.1. The van der Waals surface area contributed by atoms with Crippen LogP contribution in [0.3, 0.4) is 0 Å². The molecule has 2 aromatic rings. The number of amides is 1. The van der Waals surface area contributed by atoms with E-state index in [0.29, 0.717) is 18.1 Å². The molecule has 2 fully saturated rings. The maximum Gasteiger partial charge on any atom is 0.365 e. The number of rotatable bonds is 4. The zero-order valence-corrected chi connectivity index (χ0v) is 12.5. The molecule has 2 heterocycles. The van der Waals surface area contributed by atoms with Gasteiger partial charge in [-0.15, -0.1) is 0 Å². The lowest BCUT2D eigenvalue weighted by molar-refractivity contribution is -0.117. The van der Waals surface area contributed by atoms with Crippen molar-refractivity contribution < 1.29 is 18.8 Å². The van der Waals surface area contributed by atoms with E-state index in [2.05, 4.69) is 5.16 Å². The first kappa shape index (κ1) is 14.0. The fourth-order valence-electron chi connectivity index (χ4n) is 2.72. The van der Waals surface area contributed by atoms with Crippen LogP contribution in [-0.2, 0) is 4.79 Å². The van der Waals surface area contributed by atoms with E-state index in [9.17, 15) is 9.59 Å². The normalized spacial score (nSPS) is 17.6. The summed E-state index contributed by atoms with van der Waals surface area (Å²) in [4.78, 5) is 25.5. The highest BCUT2D eigenvalue weighted by atomic mass is 16.5. The van der Waals surface area contributed by atoms with Gasteiger partial charge in [0.2, 0.25) is 5.91 Å². The fourth-order valence-corrected chi connectivity index (χ4v) is 2.72. The highest BCUT2D eigenvalue weighted by Gasteiger charge is 2.29. The monoisotopic (exact) mass is 312 g/mol. The predicted molar refractivity (Wildman–Crippen MR) is 81.5 cm³/mol. The molecule has 0 radical (unpaired) electrons. The molecule has 0 bridgehead atoms. The van der Waals surface area contributed by atoms with Gasteiger partial charge in [-0.05, 0) is 43.5 Å². The molecule has 2 aliphatic rings. The van der Waals surface area contributed by atoms with Crippen molar-refractivity contribution in [2.75, 3.05) is 11.4 Å². The molecular formula is C17H16N2O4. The standard InChI is InChI=1S/C17H16N2O4/c20-16-2-1-9-19(16)12-5-7-13(8-6-12)22-17(21)14-10-15(23-18-14)11-3-4-11/h5-8,10-11H,1-4,9H2. The van der Waals surface area contributed by atoms with Gasteiger partial charge in [-0.25, -0.2) is 4.79 Å². The number of benzene rings is 1. The van der Waals surface area contributed by atoms with Crippen molar-refractivity contribution in [2.45, 2.75) is 31.6 Å². The van der Waals surface area contributed by atoms with Gasteiger partial charge in [0.1, 0.15) is 11.5 Å². The lowest BCUT2D eigenvalue weighted by Gasteiger charge is -2.15. The van der Waals surface area contributed by atoms with Crippen LogP contribution in [0.2, 0.25) is 0 Å². The molecule has 0 N–H and O–H groups in total. The molecule has 0 atom stereocenters. The molecule has 1 aliphatic heterocycles. The second-order valence-electron chi connectivity index (χ2n) is 5.92. The van der Waals surface area contributed by atoms with Gasteiger partial charge in [0.05, 0.1) is 0 Å². The van der Waals surface area contributed by atoms with Crippen LogP contribution in [0.1, 0.15) is 47.8 Å². The first-order chi connectivity index (χ1) is 11.2. The number of carbonyl (C=O) groups is 2. The third-order valence-electron chi connectivity index (χ3n) is 4.15. The van der Waals surface area contributed by atoms with E-state index in [1.54, 1.807) is 35.2 Å². The minimum atomic E-state index is -0.536. The van der Waals surface area contributed by atoms with Crippen LogP contribution in [0, 0.1) is 0 Å². The second-order valence-corrected chi connectivity index (χ2v) is 5.92. The lowest BCUT2D eigenvalue weighted by atomic mass is 10.2. The molecule has 0 spiro atoms. The van der Waals surface area contributed by atoms with E-state index in [1.807, 2.05) is 0 Å². The summed E-state index contributed by atoms with van der Waals surface area (Å²) in [6.45, 7) is 0.737. The minimum absolute atomic E-state index is 0.130. The van der Waals surface area contributed by atoms with E-state index < -0.39 is 5.97 Å². The molecule has 6 heteroatoms. The zero-order valence-electron chi connectivity index (χ0n) is 12.5. The maximum absolute atomic E-state index is 12.1. The van der Waals surface area contributed by atoms with Gasteiger partial charge in [-0.2, -0.15) is 0 Å². The number of hydrogen-bond donors (Lipinski definition) is 0. The third-order valence-corrected chi connectivity index (χ3v) is 4.15. The van der Waals surface area contributed by atoms with Gasteiger partial charge in [0, 0.05) is 30.6 Å². The average molecular weight is 312 g/mol. The molecule has 1 saturated heterocycles. The second kappa shape index (κ2) is 5.53. The van der Waals surface area contributed by atoms with Gasteiger partial charge < -0.3 is 14.2 Å². The van der Waals surface area contributed by atoms with E-state index in [1.165, 1.54) is 0 Å². The summed E-state index contributed by atoms with van der Waals surface area (Å²) in [6, 6.07) is 8.58. The third kappa shape index (κ3) is 2.84. The Bertz CT molecular complexity index is 746. The molecular weight excluding hydrogens is 296 g/mol. The molecule has 4 rings (SSSR count). The van der Waals surface area contributed by atoms with Gasteiger partial charge >= 0.3 is 5.97 Å². The summed E-state index contributed by atoms with van der Waals surface area (Å²) in [6.07, 6.45) is 3.64. The largest absolute Gasteiger partial charge is 0.422 e. The smallest absolute Gasteiger partial charge is 0.365 e. The van der Waals surface area contributed by atoms with Crippen LogP contribution in [0.4, 0.5) is 5.69 Å². The van der Waals surface area contributed by atoms with Gasteiger partial charge in [-0.3, -0.25) is 4.79 Å². The van der Waals surface area contributed by atoms with Crippen molar-refractivity contribution in [2.24, 2.45) is 0 Å².